The molecule has 1 aliphatic heterocycles. The van der Waals surface area contributed by atoms with Crippen molar-refractivity contribution in [3.63, 3.8) is 0 Å². The molecule has 0 unspecified atom stereocenters. The third-order valence-corrected chi connectivity index (χ3v) is 5.61. The number of hydrogen-bond donors (Lipinski definition) is 5. The SMILES string of the molecule is CCOC(=O)Cc1ccc(CCNc2nc(N)c3ncn([C@@H]4O[C@H](CO)[C@@H](O)[C@H]4O)c3n2)cc1. The zero-order valence-corrected chi connectivity index (χ0v) is 18.7. The Kier molecular flexibility index (Phi) is 7.22. The van der Waals surface area contributed by atoms with E-state index in [0.717, 1.165) is 11.1 Å². The third kappa shape index (κ3) is 4.94. The quantitative estimate of drug-likeness (QED) is 0.260. The lowest BCUT2D eigenvalue weighted by Gasteiger charge is -2.16. The maximum atomic E-state index is 11.6. The molecule has 4 rings (SSSR count). The van der Waals surface area contributed by atoms with E-state index >= 15 is 0 Å². The van der Waals surface area contributed by atoms with E-state index in [2.05, 4.69) is 20.3 Å². The summed E-state index contributed by atoms with van der Waals surface area (Å²) in [7, 11) is 0. The highest BCUT2D eigenvalue weighted by Gasteiger charge is 2.44. The average Bonchev–Trinajstić information content (AvgIpc) is 3.36. The Balaban J connectivity index is 1.42. The minimum absolute atomic E-state index is 0.154. The highest BCUT2D eigenvalue weighted by molar-refractivity contribution is 5.83. The van der Waals surface area contributed by atoms with Crippen molar-refractivity contribution in [1.82, 2.24) is 19.5 Å². The number of aromatic nitrogens is 4. The second kappa shape index (κ2) is 10.3. The number of fused-ring (bicyclic) bond motifs is 1. The number of ether oxygens (including phenoxy) is 2. The molecule has 12 nitrogen and oxygen atoms in total. The van der Waals surface area contributed by atoms with E-state index in [1.807, 2.05) is 24.3 Å². The number of esters is 1. The fourth-order valence-electron chi connectivity index (χ4n) is 3.83. The van der Waals surface area contributed by atoms with Gasteiger partial charge >= 0.3 is 5.97 Å². The summed E-state index contributed by atoms with van der Waals surface area (Å²) in [5.41, 5.74) is 8.65. The number of nitrogen functional groups attached to an aromatic ring is 1. The second-order valence-electron chi connectivity index (χ2n) is 7.96. The molecule has 1 saturated heterocycles. The molecular weight excluding hydrogens is 444 g/mol. The molecule has 12 heteroatoms. The van der Waals surface area contributed by atoms with E-state index in [9.17, 15) is 20.1 Å². The number of imidazole rings is 1. The van der Waals surface area contributed by atoms with Gasteiger partial charge < -0.3 is 35.8 Å². The number of aliphatic hydroxyl groups excluding tert-OH is 3. The predicted octanol–water partition coefficient (Wildman–Crippen LogP) is -0.220. The Bertz CT molecular complexity index is 1140. The van der Waals surface area contributed by atoms with Gasteiger partial charge in [-0.25, -0.2) is 4.98 Å². The number of aliphatic hydroxyl groups is 3. The smallest absolute Gasteiger partial charge is 0.310 e. The van der Waals surface area contributed by atoms with Gasteiger partial charge in [-0.3, -0.25) is 9.36 Å². The van der Waals surface area contributed by atoms with Crippen LogP contribution in [0.2, 0.25) is 0 Å². The first-order valence-corrected chi connectivity index (χ1v) is 11.0. The average molecular weight is 473 g/mol. The monoisotopic (exact) mass is 472 g/mol. The maximum Gasteiger partial charge on any atom is 0.310 e. The molecule has 1 aromatic carbocycles. The van der Waals surface area contributed by atoms with Gasteiger partial charge in [0.25, 0.3) is 0 Å². The van der Waals surface area contributed by atoms with E-state index in [4.69, 9.17) is 15.2 Å². The summed E-state index contributed by atoms with van der Waals surface area (Å²) < 4.78 is 12.0. The normalized spacial score (nSPS) is 22.2. The fraction of sp³-hybridized carbons (Fsp3) is 0.455. The van der Waals surface area contributed by atoms with Gasteiger partial charge in [0.15, 0.2) is 17.7 Å². The summed E-state index contributed by atoms with van der Waals surface area (Å²) in [6.45, 7) is 2.22. The van der Waals surface area contributed by atoms with E-state index in [1.54, 1.807) is 6.92 Å². The standard InChI is InChI=1S/C22H28N6O6/c1-2-33-15(30)9-13-5-3-12(4-6-13)7-8-24-22-26-19(23)16-20(27-22)28(11-25-16)21-18(32)17(31)14(10-29)34-21/h3-6,11,14,17-18,21,29,31-32H,2,7-10H2,1H3,(H3,23,24,26,27)/t14-,17-,18-,21-/m1/s1. The summed E-state index contributed by atoms with van der Waals surface area (Å²) in [5.74, 6) is 0.178. The molecule has 4 atom stereocenters. The van der Waals surface area contributed by atoms with E-state index < -0.39 is 31.1 Å². The lowest BCUT2D eigenvalue weighted by molar-refractivity contribution is -0.142. The topological polar surface area (TPSA) is 178 Å². The Morgan fingerprint density at radius 3 is 2.62 bits per heavy atom. The molecule has 0 saturated carbocycles. The first-order valence-electron chi connectivity index (χ1n) is 11.0. The summed E-state index contributed by atoms with van der Waals surface area (Å²) >= 11 is 0. The van der Waals surface area contributed by atoms with Gasteiger partial charge in [-0.05, 0) is 24.5 Å². The number of hydrogen-bond acceptors (Lipinski definition) is 11. The number of carbonyl (C=O) groups is 1. The molecule has 0 amide bonds. The number of nitrogens with two attached hydrogens (primary N) is 1. The highest BCUT2D eigenvalue weighted by atomic mass is 16.6. The Hall–Kier alpha value is -3.32. The van der Waals surface area contributed by atoms with Crippen LogP contribution in [0, 0.1) is 0 Å². The van der Waals surface area contributed by atoms with Crippen molar-refractivity contribution in [2.45, 2.75) is 44.3 Å². The summed E-state index contributed by atoms with van der Waals surface area (Å²) in [4.78, 5) is 24.5. The molecule has 6 N–H and O–H groups in total. The minimum atomic E-state index is -1.27. The molecule has 1 fully saturated rings. The molecule has 0 aliphatic carbocycles. The summed E-state index contributed by atoms with van der Waals surface area (Å²) in [6, 6.07) is 7.69. The molecule has 1 aliphatic rings. The lowest BCUT2D eigenvalue weighted by atomic mass is 10.1. The number of anilines is 2. The van der Waals surface area contributed by atoms with Crippen LogP contribution in [0.15, 0.2) is 30.6 Å². The van der Waals surface area contributed by atoms with Crippen LogP contribution in [-0.4, -0.2) is 78.9 Å². The minimum Gasteiger partial charge on any atom is -0.466 e. The Labute approximate surface area is 195 Å². The molecular formula is C22H28N6O6. The van der Waals surface area contributed by atoms with E-state index in [-0.39, 0.29) is 24.2 Å². The third-order valence-electron chi connectivity index (χ3n) is 5.61. The van der Waals surface area contributed by atoms with E-state index in [1.165, 1.54) is 10.9 Å². The molecule has 0 radical (unpaired) electrons. The fourth-order valence-corrected chi connectivity index (χ4v) is 3.83. The Morgan fingerprint density at radius 1 is 1.21 bits per heavy atom. The van der Waals surface area contributed by atoms with Crippen LogP contribution in [0.25, 0.3) is 11.2 Å². The van der Waals surface area contributed by atoms with Crippen molar-refractivity contribution < 1.29 is 29.6 Å². The second-order valence-corrected chi connectivity index (χ2v) is 7.96. The number of nitrogens with zero attached hydrogens (tertiary/aromatic N) is 4. The molecule has 2 aromatic heterocycles. The maximum absolute atomic E-state index is 11.6. The van der Waals surface area contributed by atoms with Gasteiger partial charge in [-0.1, -0.05) is 24.3 Å². The van der Waals surface area contributed by atoms with Gasteiger partial charge in [0.05, 0.1) is 26.0 Å². The Morgan fingerprint density at radius 2 is 1.94 bits per heavy atom. The zero-order valence-electron chi connectivity index (χ0n) is 18.7. The van der Waals surface area contributed by atoms with Crippen molar-refractivity contribution in [1.29, 1.82) is 0 Å². The first kappa shape index (κ1) is 23.8. The first-order chi connectivity index (χ1) is 16.4. The van der Waals surface area contributed by atoms with Crippen molar-refractivity contribution in [2.24, 2.45) is 0 Å². The molecule has 3 aromatic rings. The molecule has 3 heterocycles. The van der Waals surface area contributed by atoms with Gasteiger partial charge in [0, 0.05) is 6.54 Å². The van der Waals surface area contributed by atoms with Gasteiger partial charge in [0.2, 0.25) is 5.95 Å². The van der Waals surface area contributed by atoms with Gasteiger partial charge in [-0.15, -0.1) is 0 Å². The van der Waals surface area contributed by atoms with E-state index in [0.29, 0.717) is 30.7 Å². The molecule has 182 valence electrons. The highest BCUT2D eigenvalue weighted by Crippen LogP contribution is 2.32. The van der Waals surface area contributed by atoms with Crippen LogP contribution in [0.3, 0.4) is 0 Å². The summed E-state index contributed by atoms with van der Waals surface area (Å²) in [5, 5.41) is 32.9. The van der Waals surface area contributed by atoms with Gasteiger partial charge in [0.1, 0.15) is 23.8 Å². The summed E-state index contributed by atoms with van der Waals surface area (Å²) in [6.07, 6.45) is -2.10. The zero-order chi connectivity index (χ0) is 24.2. The number of benzene rings is 1. The van der Waals surface area contributed by atoms with Crippen LogP contribution in [0.1, 0.15) is 24.3 Å². The van der Waals surface area contributed by atoms with Crippen LogP contribution < -0.4 is 11.1 Å². The van der Waals surface area contributed by atoms with Crippen molar-refractivity contribution in [3.8, 4) is 0 Å². The van der Waals surface area contributed by atoms with Gasteiger partial charge in [-0.2, -0.15) is 9.97 Å². The van der Waals surface area contributed by atoms with Crippen molar-refractivity contribution >= 4 is 28.9 Å². The lowest BCUT2D eigenvalue weighted by Crippen LogP contribution is -2.33. The molecule has 0 bridgehead atoms. The predicted molar refractivity (Wildman–Crippen MR) is 122 cm³/mol. The van der Waals surface area contributed by atoms with Crippen LogP contribution in [-0.2, 0) is 27.1 Å². The molecule has 0 spiro atoms. The number of carbonyl (C=O) groups excluding carboxylic acids is 1. The van der Waals surface area contributed by atoms with Crippen LogP contribution in [0.4, 0.5) is 11.8 Å². The largest absolute Gasteiger partial charge is 0.466 e. The van der Waals surface area contributed by atoms with Crippen molar-refractivity contribution in [3.05, 3.63) is 41.7 Å². The number of nitrogens with one attached hydrogen (secondary N) is 1. The van der Waals surface area contributed by atoms with Crippen LogP contribution >= 0.6 is 0 Å². The number of rotatable bonds is 9. The van der Waals surface area contributed by atoms with Crippen molar-refractivity contribution in [2.75, 3.05) is 30.8 Å². The van der Waals surface area contributed by atoms with Crippen LogP contribution in [0.5, 0.6) is 0 Å². The molecule has 34 heavy (non-hydrogen) atoms.